The van der Waals surface area contributed by atoms with Gasteiger partial charge in [0.1, 0.15) is 4.75 Å². The van der Waals surface area contributed by atoms with Crippen molar-refractivity contribution in [2.75, 3.05) is 13.2 Å². The van der Waals surface area contributed by atoms with Gasteiger partial charge in [-0.25, -0.2) is 8.42 Å². The summed E-state index contributed by atoms with van der Waals surface area (Å²) in [7, 11) is -3.06. The second kappa shape index (κ2) is 2.45. The molecule has 0 amide bonds. The molecule has 1 fully saturated rings. The van der Waals surface area contributed by atoms with Crippen LogP contribution in [0.3, 0.4) is 0 Å². The second-order valence-electron chi connectivity index (χ2n) is 4.56. The summed E-state index contributed by atoms with van der Waals surface area (Å²) in [4.78, 5) is 0. The van der Waals surface area contributed by atoms with Crippen LogP contribution in [0.2, 0.25) is 0 Å². The van der Waals surface area contributed by atoms with Crippen LogP contribution in [0.5, 0.6) is 0 Å². The monoisotopic (exact) mass is 192 g/mol. The molecular weight excluding hydrogens is 176 g/mol. The Morgan fingerprint density at radius 2 is 1.67 bits per heavy atom. The minimum atomic E-state index is -3.06. The fraction of sp³-hybridized carbons (Fsp3) is 1.00. The van der Waals surface area contributed by atoms with Crippen molar-refractivity contribution in [3.05, 3.63) is 0 Å². The Balaban J connectivity index is 3.02. The molecule has 0 saturated carbocycles. The fourth-order valence-corrected chi connectivity index (χ4v) is 3.24. The van der Waals surface area contributed by atoms with Gasteiger partial charge < -0.3 is 4.74 Å². The van der Waals surface area contributed by atoms with E-state index in [9.17, 15) is 8.42 Å². The van der Waals surface area contributed by atoms with E-state index in [0.717, 1.165) is 0 Å². The van der Waals surface area contributed by atoms with Gasteiger partial charge in [0.05, 0.1) is 18.0 Å². The molecule has 0 radical (unpaired) electrons. The van der Waals surface area contributed by atoms with Gasteiger partial charge >= 0.3 is 0 Å². The molecule has 0 N–H and O–H groups in total. The number of hydrogen-bond donors (Lipinski definition) is 0. The van der Waals surface area contributed by atoms with Gasteiger partial charge in [0, 0.05) is 0 Å². The first-order valence-electron chi connectivity index (χ1n) is 4.03. The van der Waals surface area contributed by atoms with Crippen molar-refractivity contribution in [2.45, 2.75) is 37.2 Å². The summed E-state index contributed by atoms with van der Waals surface area (Å²) in [5.74, 6) is 0. The fourth-order valence-electron chi connectivity index (χ4n) is 1.28. The van der Waals surface area contributed by atoms with Crippen molar-refractivity contribution in [2.24, 2.45) is 0 Å². The minimum Gasteiger partial charge on any atom is -0.378 e. The average Bonchev–Trinajstić information content (AvgIpc) is 1.79. The van der Waals surface area contributed by atoms with Gasteiger partial charge in [-0.05, 0) is 27.7 Å². The Bertz CT molecular complexity index is 267. The van der Waals surface area contributed by atoms with Crippen molar-refractivity contribution >= 4 is 9.84 Å². The van der Waals surface area contributed by atoms with E-state index < -0.39 is 19.3 Å². The number of rotatable bonds is 1. The van der Waals surface area contributed by atoms with Gasteiger partial charge in [-0.2, -0.15) is 0 Å². The largest absolute Gasteiger partial charge is 0.378 e. The minimum absolute atomic E-state index is 0.340. The Morgan fingerprint density at radius 3 is 1.75 bits per heavy atom. The van der Waals surface area contributed by atoms with E-state index >= 15 is 0 Å². The maximum Gasteiger partial charge on any atom is 0.165 e. The molecule has 1 rings (SSSR count). The smallest absolute Gasteiger partial charge is 0.165 e. The lowest BCUT2D eigenvalue weighted by molar-refractivity contribution is -0.00579. The third-order valence-electron chi connectivity index (χ3n) is 2.27. The maximum absolute atomic E-state index is 11.9. The molecule has 4 heteroatoms. The van der Waals surface area contributed by atoms with Crippen LogP contribution >= 0.6 is 0 Å². The summed E-state index contributed by atoms with van der Waals surface area (Å²) in [5, 5.41) is 0. The molecule has 0 unspecified atom stereocenters. The summed E-state index contributed by atoms with van der Waals surface area (Å²) >= 11 is 0. The Hall–Kier alpha value is -0.0900. The molecule has 0 bridgehead atoms. The summed E-state index contributed by atoms with van der Waals surface area (Å²) in [6, 6.07) is 0. The lowest BCUT2D eigenvalue weighted by Gasteiger charge is -2.41. The molecular formula is C8H16O3S. The maximum atomic E-state index is 11.9. The topological polar surface area (TPSA) is 43.4 Å². The zero-order valence-electron chi connectivity index (χ0n) is 8.05. The summed E-state index contributed by atoms with van der Waals surface area (Å²) in [6.45, 7) is 7.61. The van der Waals surface area contributed by atoms with Crippen molar-refractivity contribution in [1.29, 1.82) is 0 Å². The van der Waals surface area contributed by atoms with Crippen LogP contribution in [0.1, 0.15) is 27.7 Å². The van der Waals surface area contributed by atoms with Gasteiger partial charge in [-0.1, -0.05) is 0 Å². The third kappa shape index (κ3) is 1.17. The first-order valence-corrected chi connectivity index (χ1v) is 5.51. The lowest BCUT2D eigenvalue weighted by Crippen LogP contribution is -2.58. The van der Waals surface area contributed by atoms with Gasteiger partial charge in [-0.3, -0.25) is 0 Å². The molecule has 0 aliphatic carbocycles. The zero-order chi connectivity index (χ0) is 9.62. The van der Waals surface area contributed by atoms with E-state index in [1.807, 2.05) is 0 Å². The molecule has 1 aliphatic rings. The molecule has 0 atom stereocenters. The molecule has 0 spiro atoms. The van der Waals surface area contributed by atoms with E-state index in [1.165, 1.54) is 0 Å². The highest BCUT2D eigenvalue weighted by Crippen LogP contribution is 2.34. The van der Waals surface area contributed by atoms with E-state index in [1.54, 1.807) is 27.7 Å². The molecule has 3 nitrogen and oxygen atoms in total. The summed E-state index contributed by atoms with van der Waals surface area (Å²) in [6.07, 6.45) is 0. The van der Waals surface area contributed by atoms with Gasteiger partial charge in [0.2, 0.25) is 0 Å². The molecule has 0 aromatic carbocycles. The van der Waals surface area contributed by atoms with E-state index in [4.69, 9.17) is 4.74 Å². The normalized spacial score (nSPS) is 23.3. The predicted molar refractivity (Wildman–Crippen MR) is 47.9 cm³/mol. The van der Waals surface area contributed by atoms with E-state index in [-0.39, 0.29) is 0 Å². The molecule has 1 aliphatic heterocycles. The van der Waals surface area contributed by atoms with Gasteiger partial charge in [0.15, 0.2) is 9.84 Å². The highest BCUT2D eigenvalue weighted by molar-refractivity contribution is 7.94. The SMILES string of the molecule is CC(C)(C)S(=O)(=O)C1(C)COC1. The number of ether oxygens (including phenoxy) is 1. The Kier molecular flexibility index (Phi) is 2.04. The zero-order valence-corrected chi connectivity index (χ0v) is 8.86. The van der Waals surface area contributed by atoms with Gasteiger partial charge in [0.25, 0.3) is 0 Å². The van der Waals surface area contributed by atoms with E-state index in [0.29, 0.717) is 13.2 Å². The van der Waals surface area contributed by atoms with Crippen LogP contribution < -0.4 is 0 Å². The average molecular weight is 192 g/mol. The summed E-state index contributed by atoms with van der Waals surface area (Å²) in [5.41, 5.74) is 0. The van der Waals surface area contributed by atoms with Crippen molar-refractivity contribution in [1.82, 2.24) is 0 Å². The van der Waals surface area contributed by atoms with Crippen LogP contribution in [0, 0.1) is 0 Å². The lowest BCUT2D eigenvalue weighted by atomic mass is 10.1. The van der Waals surface area contributed by atoms with E-state index in [2.05, 4.69) is 0 Å². The molecule has 12 heavy (non-hydrogen) atoms. The first-order chi connectivity index (χ1) is 5.21. The van der Waals surface area contributed by atoms with Crippen molar-refractivity contribution < 1.29 is 13.2 Å². The van der Waals surface area contributed by atoms with Crippen LogP contribution in [-0.4, -0.2) is 31.1 Å². The van der Waals surface area contributed by atoms with Crippen molar-refractivity contribution in [3.63, 3.8) is 0 Å². The molecule has 1 saturated heterocycles. The van der Waals surface area contributed by atoms with Crippen LogP contribution in [0.4, 0.5) is 0 Å². The first kappa shape index (κ1) is 9.99. The van der Waals surface area contributed by atoms with Crippen LogP contribution in [-0.2, 0) is 14.6 Å². The molecule has 72 valence electrons. The molecule has 1 heterocycles. The Labute approximate surface area is 74.0 Å². The predicted octanol–water partition coefficient (Wildman–Crippen LogP) is 0.989. The number of sulfone groups is 1. The second-order valence-corrected chi connectivity index (χ2v) is 7.78. The summed E-state index contributed by atoms with van der Waals surface area (Å²) < 4.78 is 27.4. The standard InChI is InChI=1S/C8H16O3S/c1-7(2,3)12(9,10)8(4)5-11-6-8/h5-6H2,1-4H3. The quantitative estimate of drug-likeness (QED) is 0.622. The highest BCUT2D eigenvalue weighted by atomic mass is 32.2. The Morgan fingerprint density at radius 1 is 1.25 bits per heavy atom. The van der Waals surface area contributed by atoms with Gasteiger partial charge in [-0.15, -0.1) is 0 Å². The van der Waals surface area contributed by atoms with Crippen molar-refractivity contribution in [3.8, 4) is 0 Å². The van der Waals surface area contributed by atoms with Crippen LogP contribution in [0.15, 0.2) is 0 Å². The van der Waals surface area contributed by atoms with Crippen LogP contribution in [0.25, 0.3) is 0 Å². The molecule has 0 aromatic heterocycles. The third-order valence-corrected chi connectivity index (χ3v) is 5.42. The molecule has 0 aromatic rings. The number of hydrogen-bond acceptors (Lipinski definition) is 3. The highest BCUT2D eigenvalue weighted by Gasteiger charge is 2.51.